The largest absolute Gasteiger partial charge is 0.319 e. The standard InChI is InChI=1S/C13H17NO2/c1-9-7-10(13(2,3)4)5-6-11(9)14-12(16)8-15/h5-8H,1-4H3,(H,14,16). The predicted octanol–water partition coefficient (Wildman–Crippen LogP) is 2.43. The van der Waals surface area contributed by atoms with E-state index in [1.54, 1.807) is 0 Å². The van der Waals surface area contributed by atoms with Gasteiger partial charge in [0.25, 0.3) is 5.91 Å². The highest BCUT2D eigenvalue weighted by atomic mass is 16.2. The fraction of sp³-hybridized carbons (Fsp3) is 0.385. The second-order valence-corrected chi connectivity index (χ2v) is 4.89. The molecule has 1 rings (SSSR count). The summed E-state index contributed by atoms with van der Waals surface area (Å²) in [6.07, 6.45) is 0.275. The molecule has 0 aliphatic carbocycles. The third-order valence-corrected chi connectivity index (χ3v) is 2.46. The van der Waals surface area contributed by atoms with E-state index in [4.69, 9.17) is 0 Å². The van der Waals surface area contributed by atoms with E-state index in [1.807, 2.05) is 25.1 Å². The number of amides is 1. The van der Waals surface area contributed by atoms with Gasteiger partial charge in [-0.05, 0) is 29.5 Å². The van der Waals surface area contributed by atoms with Gasteiger partial charge in [0, 0.05) is 5.69 Å². The number of nitrogens with one attached hydrogen (secondary N) is 1. The van der Waals surface area contributed by atoms with Crippen LogP contribution in [0, 0.1) is 6.92 Å². The maximum absolute atomic E-state index is 10.9. The van der Waals surface area contributed by atoms with Crippen LogP contribution >= 0.6 is 0 Å². The van der Waals surface area contributed by atoms with Crippen LogP contribution in [-0.4, -0.2) is 12.2 Å². The Balaban J connectivity index is 3.01. The van der Waals surface area contributed by atoms with Gasteiger partial charge in [0.2, 0.25) is 6.29 Å². The van der Waals surface area contributed by atoms with Crippen LogP contribution < -0.4 is 5.32 Å². The molecule has 0 radical (unpaired) electrons. The molecule has 3 heteroatoms. The van der Waals surface area contributed by atoms with E-state index >= 15 is 0 Å². The molecular formula is C13H17NO2. The SMILES string of the molecule is Cc1cc(C(C)(C)C)ccc1NC(=O)C=O. The maximum atomic E-state index is 10.9. The molecule has 86 valence electrons. The second-order valence-electron chi connectivity index (χ2n) is 4.89. The van der Waals surface area contributed by atoms with Crippen LogP contribution in [0.4, 0.5) is 5.69 Å². The van der Waals surface area contributed by atoms with Gasteiger partial charge in [0.1, 0.15) is 0 Å². The van der Waals surface area contributed by atoms with Crippen LogP contribution in [0.1, 0.15) is 31.9 Å². The molecule has 0 atom stereocenters. The maximum Gasteiger partial charge on any atom is 0.288 e. The molecule has 0 fully saturated rings. The van der Waals surface area contributed by atoms with E-state index in [1.165, 1.54) is 5.56 Å². The van der Waals surface area contributed by atoms with Crippen molar-refractivity contribution in [2.45, 2.75) is 33.1 Å². The van der Waals surface area contributed by atoms with Crippen LogP contribution in [-0.2, 0) is 15.0 Å². The molecule has 0 saturated carbocycles. The summed E-state index contributed by atoms with van der Waals surface area (Å²) in [4.78, 5) is 21.2. The lowest BCUT2D eigenvalue weighted by Gasteiger charge is -2.20. The van der Waals surface area contributed by atoms with E-state index in [-0.39, 0.29) is 11.7 Å². The molecule has 0 heterocycles. The van der Waals surface area contributed by atoms with Crippen molar-refractivity contribution in [3.63, 3.8) is 0 Å². The Labute approximate surface area is 95.9 Å². The van der Waals surface area contributed by atoms with Gasteiger partial charge in [0.05, 0.1) is 0 Å². The molecule has 0 aliphatic rings. The van der Waals surface area contributed by atoms with Gasteiger partial charge in [-0.1, -0.05) is 32.9 Å². The van der Waals surface area contributed by atoms with Crippen molar-refractivity contribution in [2.24, 2.45) is 0 Å². The van der Waals surface area contributed by atoms with Crippen LogP contribution in [0.3, 0.4) is 0 Å². The molecule has 16 heavy (non-hydrogen) atoms. The van der Waals surface area contributed by atoms with Gasteiger partial charge in [-0.2, -0.15) is 0 Å². The minimum absolute atomic E-state index is 0.0813. The molecule has 0 saturated heterocycles. The molecule has 0 spiro atoms. The molecule has 1 N–H and O–H groups in total. The smallest absolute Gasteiger partial charge is 0.288 e. The molecular weight excluding hydrogens is 202 g/mol. The zero-order valence-electron chi connectivity index (χ0n) is 10.1. The molecule has 3 nitrogen and oxygen atoms in total. The number of rotatable bonds is 2. The van der Waals surface area contributed by atoms with Crippen LogP contribution in [0.2, 0.25) is 0 Å². The van der Waals surface area contributed by atoms with Crippen molar-refractivity contribution in [3.05, 3.63) is 29.3 Å². The Morgan fingerprint density at radius 3 is 2.38 bits per heavy atom. The van der Waals surface area contributed by atoms with Crippen LogP contribution in [0.15, 0.2) is 18.2 Å². The highest BCUT2D eigenvalue weighted by Gasteiger charge is 2.14. The number of carbonyl (C=O) groups excluding carboxylic acids is 2. The third-order valence-electron chi connectivity index (χ3n) is 2.46. The number of hydrogen-bond acceptors (Lipinski definition) is 2. The zero-order valence-corrected chi connectivity index (χ0v) is 10.1. The lowest BCUT2D eigenvalue weighted by Crippen LogP contribution is -2.15. The molecule has 1 amide bonds. The van der Waals surface area contributed by atoms with Crippen LogP contribution in [0.25, 0.3) is 0 Å². The van der Waals surface area contributed by atoms with Crippen molar-refractivity contribution in [2.75, 3.05) is 5.32 Å². The number of anilines is 1. The normalized spacial score (nSPS) is 11.0. The number of carbonyl (C=O) groups is 2. The molecule has 0 unspecified atom stereocenters. The summed E-state index contributed by atoms with van der Waals surface area (Å²) in [7, 11) is 0. The Morgan fingerprint density at radius 2 is 1.94 bits per heavy atom. The first-order chi connectivity index (χ1) is 7.34. The predicted molar refractivity (Wildman–Crippen MR) is 64.6 cm³/mol. The van der Waals surface area contributed by atoms with Crippen molar-refractivity contribution in [3.8, 4) is 0 Å². The first-order valence-corrected chi connectivity index (χ1v) is 5.22. The fourth-order valence-electron chi connectivity index (χ4n) is 1.43. The number of aryl methyl sites for hydroxylation is 1. The zero-order chi connectivity index (χ0) is 12.3. The Morgan fingerprint density at radius 1 is 1.31 bits per heavy atom. The van der Waals surface area contributed by atoms with Gasteiger partial charge in [-0.15, -0.1) is 0 Å². The fourth-order valence-corrected chi connectivity index (χ4v) is 1.43. The Hall–Kier alpha value is -1.64. The summed E-state index contributed by atoms with van der Waals surface area (Å²) in [6, 6.07) is 5.82. The molecule has 0 aromatic heterocycles. The van der Waals surface area contributed by atoms with Gasteiger partial charge >= 0.3 is 0 Å². The van der Waals surface area contributed by atoms with E-state index in [2.05, 4.69) is 26.1 Å². The number of aldehydes is 1. The quantitative estimate of drug-likeness (QED) is 0.613. The lowest BCUT2D eigenvalue weighted by atomic mass is 9.86. The van der Waals surface area contributed by atoms with Gasteiger partial charge in [0.15, 0.2) is 0 Å². The Kier molecular flexibility index (Phi) is 3.48. The minimum Gasteiger partial charge on any atom is -0.319 e. The van der Waals surface area contributed by atoms with Gasteiger partial charge in [-0.3, -0.25) is 9.59 Å². The van der Waals surface area contributed by atoms with E-state index in [9.17, 15) is 9.59 Å². The van der Waals surface area contributed by atoms with Crippen molar-refractivity contribution < 1.29 is 9.59 Å². The Bertz CT molecular complexity index is 416. The first-order valence-electron chi connectivity index (χ1n) is 5.22. The summed E-state index contributed by atoms with van der Waals surface area (Å²) < 4.78 is 0. The molecule has 0 bridgehead atoms. The summed E-state index contributed by atoms with van der Waals surface area (Å²) in [5.74, 6) is -0.619. The van der Waals surface area contributed by atoms with Crippen LogP contribution in [0.5, 0.6) is 0 Å². The van der Waals surface area contributed by atoms with Crippen molar-refractivity contribution in [1.29, 1.82) is 0 Å². The van der Waals surface area contributed by atoms with Crippen molar-refractivity contribution in [1.82, 2.24) is 0 Å². The average molecular weight is 219 g/mol. The third kappa shape index (κ3) is 2.92. The first kappa shape index (κ1) is 12.4. The highest BCUT2D eigenvalue weighted by Crippen LogP contribution is 2.26. The average Bonchev–Trinajstić information content (AvgIpc) is 2.19. The summed E-state index contributed by atoms with van der Waals surface area (Å²) >= 11 is 0. The van der Waals surface area contributed by atoms with E-state index in [0.29, 0.717) is 5.69 Å². The lowest BCUT2D eigenvalue weighted by molar-refractivity contribution is -0.127. The molecule has 1 aromatic rings. The summed E-state index contributed by atoms with van der Waals surface area (Å²) in [6.45, 7) is 8.30. The topological polar surface area (TPSA) is 46.2 Å². The summed E-state index contributed by atoms with van der Waals surface area (Å²) in [5, 5.41) is 2.53. The second kappa shape index (κ2) is 4.47. The van der Waals surface area contributed by atoms with Gasteiger partial charge < -0.3 is 5.32 Å². The number of benzene rings is 1. The highest BCUT2D eigenvalue weighted by molar-refractivity contribution is 6.29. The van der Waals surface area contributed by atoms with Gasteiger partial charge in [-0.25, -0.2) is 0 Å². The molecule has 0 aliphatic heterocycles. The summed E-state index contributed by atoms with van der Waals surface area (Å²) in [5.41, 5.74) is 2.93. The molecule has 1 aromatic carbocycles. The monoisotopic (exact) mass is 219 g/mol. The van der Waals surface area contributed by atoms with E-state index < -0.39 is 5.91 Å². The van der Waals surface area contributed by atoms with Crippen molar-refractivity contribution >= 4 is 17.9 Å². The minimum atomic E-state index is -0.619. The number of hydrogen-bond donors (Lipinski definition) is 1. The van der Waals surface area contributed by atoms with E-state index in [0.717, 1.165) is 5.56 Å².